The highest BCUT2D eigenvalue weighted by Gasteiger charge is 2.12. The van der Waals surface area contributed by atoms with Crippen LogP contribution in [-0.4, -0.2) is 69.1 Å². The van der Waals surface area contributed by atoms with Crippen molar-refractivity contribution >= 4 is 21.7 Å². The number of carbonyl (C=O) groups is 1. The predicted molar refractivity (Wildman–Crippen MR) is 102 cm³/mol. The minimum Gasteiger partial charge on any atom is -0.363 e. The summed E-state index contributed by atoms with van der Waals surface area (Å²) in [7, 11) is 2.00. The standard InChI is InChI=1S/C17H23N5O3S/c1-21(2)16-11-15(19-12-20-16)13-6-5-7-14(10-13)17(23)18-8-9-22(3)26(4,24)25/h5-7,10-12H,8-9H2,1-4H3,(H,18,23). The molecule has 8 nitrogen and oxygen atoms in total. The molecule has 0 atom stereocenters. The number of anilines is 1. The SMILES string of the molecule is CN(C)c1cc(-c2cccc(C(=O)NCCN(C)S(C)(=O)=O)c2)ncn1. The average Bonchev–Trinajstić information content (AvgIpc) is 2.61. The largest absolute Gasteiger partial charge is 0.363 e. The fourth-order valence-corrected chi connectivity index (χ4v) is 2.59. The fraction of sp³-hybridized carbons (Fsp3) is 0.353. The Bertz CT molecular complexity index is 883. The Morgan fingerprint density at radius 2 is 1.88 bits per heavy atom. The zero-order valence-electron chi connectivity index (χ0n) is 15.3. The van der Waals surface area contributed by atoms with E-state index in [2.05, 4.69) is 15.3 Å². The molecule has 0 unspecified atom stereocenters. The van der Waals surface area contributed by atoms with Crippen molar-refractivity contribution in [3.63, 3.8) is 0 Å². The Morgan fingerprint density at radius 3 is 2.54 bits per heavy atom. The van der Waals surface area contributed by atoms with Crippen LogP contribution in [-0.2, 0) is 10.0 Å². The lowest BCUT2D eigenvalue weighted by Gasteiger charge is -2.14. The van der Waals surface area contributed by atoms with Gasteiger partial charge in [0.25, 0.3) is 5.91 Å². The number of amides is 1. The Kier molecular flexibility index (Phi) is 6.27. The summed E-state index contributed by atoms with van der Waals surface area (Å²) in [6, 6.07) is 8.95. The van der Waals surface area contributed by atoms with Gasteiger partial charge in [0.15, 0.2) is 0 Å². The van der Waals surface area contributed by atoms with Gasteiger partial charge in [-0.3, -0.25) is 4.79 Å². The topological polar surface area (TPSA) is 95.5 Å². The molecule has 1 aromatic carbocycles. The van der Waals surface area contributed by atoms with Crippen molar-refractivity contribution in [3.05, 3.63) is 42.2 Å². The van der Waals surface area contributed by atoms with E-state index in [1.807, 2.05) is 31.1 Å². The van der Waals surface area contributed by atoms with Crippen molar-refractivity contribution in [2.75, 3.05) is 45.4 Å². The van der Waals surface area contributed by atoms with Gasteiger partial charge in [0.1, 0.15) is 12.1 Å². The normalized spacial score (nSPS) is 11.4. The van der Waals surface area contributed by atoms with E-state index in [0.717, 1.165) is 23.3 Å². The molecule has 0 radical (unpaired) electrons. The first-order valence-electron chi connectivity index (χ1n) is 7.98. The molecule has 1 heterocycles. The molecule has 0 bridgehead atoms. The predicted octanol–water partition coefficient (Wildman–Crippen LogP) is 0.831. The molecule has 9 heteroatoms. The second-order valence-electron chi connectivity index (χ2n) is 6.08. The molecule has 1 amide bonds. The van der Waals surface area contributed by atoms with E-state index in [1.165, 1.54) is 17.7 Å². The number of hydrogen-bond acceptors (Lipinski definition) is 6. The van der Waals surface area contributed by atoms with Crippen molar-refractivity contribution in [1.82, 2.24) is 19.6 Å². The van der Waals surface area contributed by atoms with Gasteiger partial charge in [-0.05, 0) is 12.1 Å². The van der Waals surface area contributed by atoms with Crippen LogP contribution < -0.4 is 10.2 Å². The number of nitrogens with zero attached hydrogens (tertiary/aromatic N) is 4. The van der Waals surface area contributed by atoms with E-state index >= 15 is 0 Å². The van der Waals surface area contributed by atoms with E-state index in [1.54, 1.807) is 18.2 Å². The summed E-state index contributed by atoms with van der Waals surface area (Å²) in [5.41, 5.74) is 2.00. The first-order valence-corrected chi connectivity index (χ1v) is 9.82. The molecule has 0 aliphatic carbocycles. The smallest absolute Gasteiger partial charge is 0.251 e. The lowest BCUT2D eigenvalue weighted by atomic mass is 10.1. The van der Waals surface area contributed by atoms with Gasteiger partial charge in [0.05, 0.1) is 11.9 Å². The lowest BCUT2D eigenvalue weighted by molar-refractivity contribution is 0.0952. The van der Waals surface area contributed by atoms with Gasteiger partial charge in [-0.1, -0.05) is 12.1 Å². The van der Waals surface area contributed by atoms with Crippen molar-refractivity contribution < 1.29 is 13.2 Å². The van der Waals surface area contributed by atoms with Gasteiger partial charge in [0, 0.05) is 51.4 Å². The van der Waals surface area contributed by atoms with E-state index in [-0.39, 0.29) is 19.0 Å². The monoisotopic (exact) mass is 377 g/mol. The highest BCUT2D eigenvalue weighted by atomic mass is 32.2. The summed E-state index contributed by atoms with van der Waals surface area (Å²) >= 11 is 0. The van der Waals surface area contributed by atoms with Crippen molar-refractivity contribution in [2.45, 2.75) is 0 Å². The molecule has 140 valence electrons. The van der Waals surface area contributed by atoms with Crippen LogP contribution in [0.2, 0.25) is 0 Å². The lowest BCUT2D eigenvalue weighted by Crippen LogP contribution is -2.35. The van der Waals surface area contributed by atoms with Gasteiger partial charge < -0.3 is 10.2 Å². The van der Waals surface area contributed by atoms with Gasteiger partial charge in [-0.15, -0.1) is 0 Å². The molecule has 0 aliphatic heterocycles. The Balaban J connectivity index is 2.09. The van der Waals surface area contributed by atoms with Crippen molar-refractivity contribution in [3.8, 4) is 11.3 Å². The molecular weight excluding hydrogens is 354 g/mol. The van der Waals surface area contributed by atoms with Crippen molar-refractivity contribution in [2.24, 2.45) is 0 Å². The maximum atomic E-state index is 12.3. The quantitative estimate of drug-likeness (QED) is 0.768. The summed E-state index contributed by atoms with van der Waals surface area (Å²) in [5, 5.41) is 2.72. The van der Waals surface area contributed by atoms with Crippen LogP contribution in [0.4, 0.5) is 5.82 Å². The van der Waals surface area contributed by atoms with Gasteiger partial charge in [-0.2, -0.15) is 0 Å². The molecule has 0 aliphatic rings. The maximum absolute atomic E-state index is 12.3. The van der Waals surface area contributed by atoms with E-state index < -0.39 is 10.0 Å². The van der Waals surface area contributed by atoms with E-state index in [9.17, 15) is 13.2 Å². The molecule has 0 saturated heterocycles. The van der Waals surface area contributed by atoms with Crippen LogP contribution in [0.1, 0.15) is 10.4 Å². The second-order valence-corrected chi connectivity index (χ2v) is 8.17. The Morgan fingerprint density at radius 1 is 1.15 bits per heavy atom. The zero-order chi connectivity index (χ0) is 19.3. The number of sulfonamides is 1. The molecule has 1 N–H and O–H groups in total. The molecule has 0 spiro atoms. The molecule has 0 saturated carbocycles. The van der Waals surface area contributed by atoms with Gasteiger partial charge in [0.2, 0.25) is 10.0 Å². The van der Waals surface area contributed by atoms with Crippen LogP contribution in [0.5, 0.6) is 0 Å². The van der Waals surface area contributed by atoms with Gasteiger partial charge >= 0.3 is 0 Å². The van der Waals surface area contributed by atoms with Crippen molar-refractivity contribution in [1.29, 1.82) is 0 Å². The average molecular weight is 377 g/mol. The summed E-state index contributed by atoms with van der Waals surface area (Å²) in [5.74, 6) is 0.504. The zero-order valence-corrected chi connectivity index (χ0v) is 16.1. The fourth-order valence-electron chi connectivity index (χ4n) is 2.16. The first-order chi connectivity index (χ1) is 12.2. The number of hydrogen-bond donors (Lipinski definition) is 1. The van der Waals surface area contributed by atoms with Crippen LogP contribution in [0.15, 0.2) is 36.7 Å². The number of likely N-dealkylation sites (N-methyl/N-ethyl adjacent to an activating group) is 1. The number of aromatic nitrogens is 2. The molecule has 2 rings (SSSR count). The third kappa shape index (κ3) is 5.24. The van der Waals surface area contributed by atoms with E-state index in [4.69, 9.17) is 0 Å². The summed E-state index contributed by atoms with van der Waals surface area (Å²) in [6.45, 7) is 0.438. The minimum atomic E-state index is -3.26. The van der Waals surface area contributed by atoms with Crippen LogP contribution in [0.3, 0.4) is 0 Å². The first kappa shape index (κ1) is 19.8. The van der Waals surface area contributed by atoms with Crippen LogP contribution >= 0.6 is 0 Å². The highest BCUT2D eigenvalue weighted by Crippen LogP contribution is 2.20. The number of benzene rings is 1. The number of nitrogens with one attached hydrogen (secondary N) is 1. The summed E-state index contributed by atoms with van der Waals surface area (Å²) in [6.07, 6.45) is 2.61. The summed E-state index contributed by atoms with van der Waals surface area (Å²) in [4.78, 5) is 22.6. The molecular formula is C17H23N5O3S. The van der Waals surface area contributed by atoms with Crippen LogP contribution in [0.25, 0.3) is 11.3 Å². The number of carbonyl (C=O) groups excluding carboxylic acids is 1. The third-order valence-electron chi connectivity index (χ3n) is 3.81. The molecule has 0 fully saturated rings. The third-order valence-corrected chi connectivity index (χ3v) is 5.12. The van der Waals surface area contributed by atoms with E-state index in [0.29, 0.717) is 5.56 Å². The highest BCUT2D eigenvalue weighted by molar-refractivity contribution is 7.88. The Labute approximate surface area is 153 Å². The molecule has 2 aromatic rings. The molecule has 1 aromatic heterocycles. The van der Waals surface area contributed by atoms with Gasteiger partial charge in [-0.25, -0.2) is 22.7 Å². The Hall–Kier alpha value is -2.52. The molecule has 26 heavy (non-hydrogen) atoms. The number of rotatable bonds is 7. The van der Waals surface area contributed by atoms with Crippen LogP contribution in [0, 0.1) is 0 Å². The summed E-state index contributed by atoms with van der Waals surface area (Å²) < 4.78 is 23.9. The minimum absolute atomic E-state index is 0.211. The maximum Gasteiger partial charge on any atom is 0.251 e. The second kappa shape index (κ2) is 8.24.